The molecule has 36 heavy (non-hydrogen) atoms. The smallest absolute Gasteiger partial charge is 0.408 e. The van der Waals surface area contributed by atoms with Gasteiger partial charge in [-0.1, -0.05) is 54.6 Å². The molecule has 5 rings (SSSR count). The first kappa shape index (κ1) is 23.8. The van der Waals surface area contributed by atoms with Gasteiger partial charge in [-0.05, 0) is 69.4 Å². The molecule has 2 aromatic heterocycles. The van der Waals surface area contributed by atoms with Crippen LogP contribution in [0, 0.1) is 0 Å². The average molecular weight is 482 g/mol. The van der Waals surface area contributed by atoms with Crippen molar-refractivity contribution in [3.63, 3.8) is 0 Å². The van der Waals surface area contributed by atoms with Gasteiger partial charge in [0.05, 0.1) is 22.3 Å². The molecule has 0 bridgehead atoms. The molecule has 0 spiro atoms. The van der Waals surface area contributed by atoms with Crippen LogP contribution < -0.4 is 11.3 Å². The highest BCUT2D eigenvalue weighted by molar-refractivity contribution is 5.90. The Bertz CT molecular complexity index is 1410. The van der Waals surface area contributed by atoms with Crippen LogP contribution in [0.5, 0.6) is 0 Å². The number of hydrogen-bond acceptors (Lipinski definition) is 5. The van der Waals surface area contributed by atoms with Crippen molar-refractivity contribution in [1.82, 2.24) is 14.9 Å². The molecule has 0 saturated heterocycles. The van der Waals surface area contributed by atoms with E-state index in [2.05, 4.69) is 46.8 Å². The quantitative estimate of drug-likeness (QED) is 0.225. The van der Waals surface area contributed by atoms with E-state index >= 15 is 0 Å². The molecule has 0 radical (unpaired) electrons. The predicted molar refractivity (Wildman–Crippen MR) is 143 cm³/mol. The third-order valence-corrected chi connectivity index (χ3v) is 7.07. The number of pyridine rings is 2. The standard InChI is InChI=1S/C29H31N5O2/c1-28(2,3)34(27(35)36)29(16-7-17-29)21-12-10-20(11-13-21)26-22(19-8-5-4-6-9-19)18-24-23(32-26)14-15-25(31-24)33-30/h4-6,8-15,18H,7,16-17,30H2,1-3H3,(H,31,33)(H,35,36). The Labute approximate surface area is 211 Å². The number of carboxylic acid groups (broad SMARTS) is 1. The molecule has 1 fully saturated rings. The van der Waals surface area contributed by atoms with Gasteiger partial charge in [-0.15, -0.1) is 0 Å². The first-order valence-corrected chi connectivity index (χ1v) is 12.2. The van der Waals surface area contributed by atoms with Gasteiger partial charge in [0.1, 0.15) is 5.82 Å². The number of aromatic nitrogens is 2. The number of fused-ring (bicyclic) bond motifs is 1. The molecule has 184 valence electrons. The minimum Gasteiger partial charge on any atom is -0.465 e. The summed E-state index contributed by atoms with van der Waals surface area (Å²) in [5.41, 5.74) is 7.97. The number of anilines is 1. The van der Waals surface area contributed by atoms with E-state index in [4.69, 9.17) is 10.8 Å². The van der Waals surface area contributed by atoms with E-state index in [0.29, 0.717) is 5.82 Å². The van der Waals surface area contributed by atoms with Gasteiger partial charge in [0, 0.05) is 16.7 Å². The molecule has 4 aromatic rings. The highest BCUT2D eigenvalue weighted by Crippen LogP contribution is 2.49. The van der Waals surface area contributed by atoms with E-state index in [0.717, 1.165) is 58.2 Å². The van der Waals surface area contributed by atoms with Crippen LogP contribution in [0.3, 0.4) is 0 Å². The Balaban J connectivity index is 1.62. The van der Waals surface area contributed by atoms with E-state index in [9.17, 15) is 9.90 Å². The van der Waals surface area contributed by atoms with E-state index in [1.54, 1.807) is 11.0 Å². The van der Waals surface area contributed by atoms with Crippen LogP contribution >= 0.6 is 0 Å². The lowest BCUT2D eigenvalue weighted by molar-refractivity contribution is -0.0328. The minimum absolute atomic E-state index is 0.503. The van der Waals surface area contributed by atoms with Crippen molar-refractivity contribution >= 4 is 22.9 Å². The van der Waals surface area contributed by atoms with E-state index in [-0.39, 0.29) is 0 Å². The van der Waals surface area contributed by atoms with Crippen molar-refractivity contribution in [2.75, 3.05) is 5.43 Å². The summed E-state index contributed by atoms with van der Waals surface area (Å²) < 4.78 is 0. The van der Waals surface area contributed by atoms with Crippen LogP contribution in [0.15, 0.2) is 72.8 Å². The highest BCUT2D eigenvalue weighted by Gasteiger charge is 2.50. The topological polar surface area (TPSA) is 104 Å². The second kappa shape index (κ2) is 8.91. The van der Waals surface area contributed by atoms with Gasteiger partial charge in [-0.25, -0.2) is 20.6 Å². The number of nitrogens with zero attached hydrogens (tertiary/aromatic N) is 3. The van der Waals surface area contributed by atoms with Gasteiger partial charge in [0.2, 0.25) is 0 Å². The van der Waals surface area contributed by atoms with Gasteiger partial charge < -0.3 is 10.5 Å². The van der Waals surface area contributed by atoms with Crippen molar-refractivity contribution in [3.8, 4) is 22.4 Å². The Morgan fingerprint density at radius 2 is 1.64 bits per heavy atom. The van der Waals surface area contributed by atoms with E-state index in [1.165, 1.54) is 0 Å². The van der Waals surface area contributed by atoms with Crippen molar-refractivity contribution in [1.29, 1.82) is 0 Å². The van der Waals surface area contributed by atoms with Gasteiger partial charge in [-0.2, -0.15) is 0 Å². The number of nitrogen functional groups attached to an aromatic ring is 1. The first-order chi connectivity index (χ1) is 17.2. The van der Waals surface area contributed by atoms with Crippen LogP contribution in [0.2, 0.25) is 0 Å². The molecule has 1 amide bonds. The molecule has 7 heteroatoms. The average Bonchev–Trinajstić information content (AvgIpc) is 2.84. The van der Waals surface area contributed by atoms with Crippen molar-refractivity contribution in [2.24, 2.45) is 5.84 Å². The van der Waals surface area contributed by atoms with Gasteiger partial charge in [0.25, 0.3) is 0 Å². The molecule has 1 aliphatic rings. The fraction of sp³-hybridized carbons (Fsp3) is 0.276. The van der Waals surface area contributed by atoms with Crippen molar-refractivity contribution < 1.29 is 9.90 Å². The summed E-state index contributed by atoms with van der Waals surface area (Å²) in [4.78, 5) is 23.5. The highest BCUT2D eigenvalue weighted by atomic mass is 16.4. The number of hydrogen-bond donors (Lipinski definition) is 3. The SMILES string of the molecule is CC(C)(C)N(C(=O)O)C1(c2ccc(-c3nc4ccc(NN)nc4cc3-c3ccccc3)cc2)CCC1. The molecular formula is C29H31N5O2. The Morgan fingerprint density at radius 3 is 2.19 bits per heavy atom. The maximum Gasteiger partial charge on any atom is 0.408 e. The third-order valence-electron chi connectivity index (χ3n) is 7.07. The lowest BCUT2D eigenvalue weighted by Gasteiger charge is -2.54. The van der Waals surface area contributed by atoms with E-state index in [1.807, 2.05) is 51.1 Å². The summed E-state index contributed by atoms with van der Waals surface area (Å²) >= 11 is 0. The number of nitrogens with one attached hydrogen (secondary N) is 1. The molecule has 0 atom stereocenters. The van der Waals surface area contributed by atoms with Crippen LogP contribution in [-0.4, -0.2) is 31.6 Å². The molecule has 4 N–H and O–H groups in total. The van der Waals surface area contributed by atoms with Crippen LogP contribution in [0.25, 0.3) is 33.4 Å². The minimum atomic E-state index is -0.882. The first-order valence-electron chi connectivity index (χ1n) is 12.2. The third kappa shape index (κ3) is 4.05. The maximum atomic E-state index is 12.3. The molecule has 2 heterocycles. The monoisotopic (exact) mass is 481 g/mol. The summed E-state index contributed by atoms with van der Waals surface area (Å²) in [6, 6.07) is 24.1. The fourth-order valence-electron chi connectivity index (χ4n) is 5.40. The zero-order valence-corrected chi connectivity index (χ0v) is 20.8. The molecule has 0 unspecified atom stereocenters. The summed E-state index contributed by atoms with van der Waals surface area (Å²) in [5.74, 6) is 6.15. The number of carbonyl (C=O) groups is 1. The normalized spacial score (nSPS) is 14.8. The largest absolute Gasteiger partial charge is 0.465 e. The summed E-state index contributed by atoms with van der Waals surface area (Å²) in [5, 5.41) is 10.1. The number of hydrazine groups is 1. The van der Waals surface area contributed by atoms with Gasteiger partial charge >= 0.3 is 6.09 Å². The molecule has 2 aromatic carbocycles. The van der Waals surface area contributed by atoms with E-state index < -0.39 is 17.2 Å². The Morgan fingerprint density at radius 1 is 0.944 bits per heavy atom. The van der Waals surface area contributed by atoms with Gasteiger partial charge in [-0.3, -0.25) is 4.90 Å². The number of rotatable bonds is 5. The molecular weight excluding hydrogens is 450 g/mol. The summed E-state index contributed by atoms with van der Waals surface area (Å²) in [6.45, 7) is 5.88. The maximum absolute atomic E-state index is 12.3. The van der Waals surface area contributed by atoms with Crippen LogP contribution in [0.4, 0.5) is 10.6 Å². The summed E-state index contributed by atoms with van der Waals surface area (Å²) in [6.07, 6.45) is 1.77. The summed E-state index contributed by atoms with van der Waals surface area (Å²) in [7, 11) is 0. The number of amides is 1. The molecule has 1 saturated carbocycles. The lowest BCUT2D eigenvalue weighted by atomic mass is 9.69. The zero-order valence-electron chi connectivity index (χ0n) is 20.8. The second-order valence-corrected chi connectivity index (χ2v) is 10.4. The van der Waals surface area contributed by atoms with Crippen molar-refractivity contribution in [2.45, 2.75) is 51.1 Å². The molecule has 1 aliphatic carbocycles. The Hall–Kier alpha value is -3.97. The number of benzene rings is 2. The predicted octanol–water partition coefficient (Wildman–Crippen LogP) is 6.41. The number of nitrogens with two attached hydrogens (primary N) is 1. The Kier molecular flexibility index (Phi) is 5.88. The molecule has 7 nitrogen and oxygen atoms in total. The van der Waals surface area contributed by atoms with Crippen molar-refractivity contribution in [3.05, 3.63) is 78.4 Å². The fourth-order valence-corrected chi connectivity index (χ4v) is 5.40. The van der Waals surface area contributed by atoms with Gasteiger partial charge in [0.15, 0.2) is 0 Å². The zero-order chi connectivity index (χ0) is 25.5. The lowest BCUT2D eigenvalue weighted by Crippen LogP contribution is -2.60. The van der Waals surface area contributed by atoms with Crippen LogP contribution in [0.1, 0.15) is 45.6 Å². The van der Waals surface area contributed by atoms with Crippen LogP contribution in [-0.2, 0) is 5.54 Å². The molecule has 0 aliphatic heterocycles. The second-order valence-electron chi connectivity index (χ2n) is 10.4.